The third-order valence-electron chi connectivity index (χ3n) is 5.55. The standard InChI is InChI=1S/C18H24N2O/c21-18-9-5-4-8-17(18)20-13-15-10-16(20)12-19(15)11-14-6-2-1-3-7-14/h1-3,6-7,15-17H,4-5,8-13H2. The second-order valence-corrected chi connectivity index (χ2v) is 6.88. The minimum Gasteiger partial charge on any atom is -0.298 e. The molecule has 4 rings (SSSR count). The number of nitrogens with zero attached hydrogens (tertiary/aromatic N) is 2. The Kier molecular flexibility index (Phi) is 3.56. The van der Waals surface area contributed by atoms with Crippen molar-refractivity contribution >= 4 is 5.78 Å². The van der Waals surface area contributed by atoms with Crippen LogP contribution in [0.2, 0.25) is 0 Å². The first-order valence-electron chi connectivity index (χ1n) is 8.38. The van der Waals surface area contributed by atoms with Crippen LogP contribution in [0.1, 0.15) is 37.7 Å². The summed E-state index contributed by atoms with van der Waals surface area (Å²) in [5, 5.41) is 0. The fourth-order valence-electron chi connectivity index (χ4n) is 4.49. The number of fused-ring (bicyclic) bond motifs is 2. The lowest BCUT2D eigenvalue weighted by Crippen LogP contribution is -2.53. The van der Waals surface area contributed by atoms with Gasteiger partial charge < -0.3 is 0 Å². The SMILES string of the molecule is O=C1CCCCC1N1CC2CC1CN2Cc1ccccc1. The predicted molar refractivity (Wildman–Crippen MR) is 83.0 cm³/mol. The van der Waals surface area contributed by atoms with E-state index in [4.69, 9.17) is 0 Å². The van der Waals surface area contributed by atoms with E-state index in [9.17, 15) is 4.79 Å². The second-order valence-electron chi connectivity index (χ2n) is 6.88. The molecule has 3 nitrogen and oxygen atoms in total. The number of Topliss-reactive ketones (excluding diaryl/α,β-unsaturated/α-hetero) is 1. The van der Waals surface area contributed by atoms with E-state index in [1.54, 1.807) is 0 Å². The quantitative estimate of drug-likeness (QED) is 0.852. The Morgan fingerprint density at radius 2 is 1.90 bits per heavy atom. The molecule has 3 atom stereocenters. The highest BCUT2D eigenvalue weighted by Crippen LogP contribution is 2.35. The van der Waals surface area contributed by atoms with Gasteiger partial charge in [-0.25, -0.2) is 0 Å². The van der Waals surface area contributed by atoms with Crippen molar-refractivity contribution in [2.75, 3.05) is 13.1 Å². The van der Waals surface area contributed by atoms with E-state index < -0.39 is 0 Å². The number of rotatable bonds is 3. The number of benzene rings is 1. The van der Waals surface area contributed by atoms with Crippen molar-refractivity contribution in [3.63, 3.8) is 0 Å². The van der Waals surface area contributed by atoms with Gasteiger partial charge >= 0.3 is 0 Å². The van der Waals surface area contributed by atoms with Crippen LogP contribution in [-0.2, 0) is 11.3 Å². The smallest absolute Gasteiger partial charge is 0.149 e. The number of hydrogen-bond donors (Lipinski definition) is 0. The molecule has 1 saturated carbocycles. The van der Waals surface area contributed by atoms with Crippen molar-refractivity contribution in [3.05, 3.63) is 35.9 Å². The van der Waals surface area contributed by atoms with Gasteiger partial charge in [0.05, 0.1) is 6.04 Å². The number of likely N-dealkylation sites (tertiary alicyclic amines) is 2. The topological polar surface area (TPSA) is 23.6 Å². The first-order valence-corrected chi connectivity index (χ1v) is 8.38. The van der Waals surface area contributed by atoms with Gasteiger partial charge in [-0.05, 0) is 24.8 Å². The minimum absolute atomic E-state index is 0.243. The zero-order valence-corrected chi connectivity index (χ0v) is 12.6. The Hall–Kier alpha value is -1.19. The molecule has 1 aromatic rings. The molecule has 2 saturated heterocycles. The van der Waals surface area contributed by atoms with Gasteiger partial charge in [-0.2, -0.15) is 0 Å². The van der Waals surface area contributed by atoms with Crippen LogP contribution in [0.3, 0.4) is 0 Å². The molecule has 0 N–H and O–H groups in total. The summed E-state index contributed by atoms with van der Waals surface area (Å²) >= 11 is 0. The van der Waals surface area contributed by atoms with E-state index in [1.807, 2.05) is 0 Å². The molecule has 3 aliphatic rings. The Morgan fingerprint density at radius 3 is 2.62 bits per heavy atom. The molecule has 112 valence electrons. The molecule has 1 aliphatic carbocycles. The van der Waals surface area contributed by atoms with Crippen LogP contribution in [0, 0.1) is 0 Å². The molecular formula is C18H24N2O. The lowest BCUT2D eigenvalue weighted by Gasteiger charge is -2.39. The monoisotopic (exact) mass is 284 g/mol. The number of carbonyl (C=O) groups excluding carboxylic acids is 1. The molecule has 21 heavy (non-hydrogen) atoms. The largest absolute Gasteiger partial charge is 0.298 e. The molecule has 0 aromatic heterocycles. The molecule has 0 radical (unpaired) electrons. The van der Waals surface area contributed by atoms with Crippen LogP contribution in [-0.4, -0.2) is 46.8 Å². The summed E-state index contributed by atoms with van der Waals surface area (Å²) in [5.41, 5.74) is 1.41. The van der Waals surface area contributed by atoms with Gasteiger partial charge in [0.15, 0.2) is 0 Å². The Balaban J connectivity index is 1.40. The predicted octanol–water partition coefficient (Wildman–Crippen LogP) is 2.46. The van der Waals surface area contributed by atoms with Crippen molar-refractivity contribution in [1.82, 2.24) is 9.80 Å². The van der Waals surface area contributed by atoms with Gasteiger partial charge in [-0.1, -0.05) is 36.8 Å². The van der Waals surface area contributed by atoms with Crippen LogP contribution >= 0.6 is 0 Å². The van der Waals surface area contributed by atoms with Gasteiger partial charge in [-0.15, -0.1) is 0 Å². The number of carbonyl (C=O) groups is 1. The van der Waals surface area contributed by atoms with Crippen LogP contribution in [0.4, 0.5) is 0 Å². The lowest BCUT2D eigenvalue weighted by molar-refractivity contribution is -0.127. The Labute approximate surface area is 126 Å². The zero-order valence-electron chi connectivity index (χ0n) is 12.6. The van der Waals surface area contributed by atoms with Gasteiger partial charge in [0.25, 0.3) is 0 Å². The van der Waals surface area contributed by atoms with Crippen molar-refractivity contribution in [2.24, 2.45) is 0 Å². The summed E-state index contributed by atoms with van der Waals surface area (Å²) in [6.07, 6.45) is 5.51. The van der Waals surface area contributed by atoms with E-state index in [1.165, 1.54) is 18.4 Å². The van der Waals surface area contributed by atoms with E-state index >= 15 is 0 Å². The van der Waals surface area contributed by atoms with Crippen molar-refractivity contribution in [1.29, 1.82) is 0 Å². The van der Waals surface area contributed by atoms with Crippen LogP contribution in [0.25, 0.3) is 0 Å². The molecule has 3 heteroatoms. The van der Waals surface area contributed by atoms with Crippen molar-refractivity contribution < 1.29 is 4.79 Å². The van der Waals surface area contributed by atoms with Crippen LogP contribution in [0.15, 0.2) is 30.3 Å². The zero-order chi connectivity index (χ0) is 14.2. The first-order chi connectivity index (χ1) is 10.3. The van der Waals surface area contributed by atoms with Gasteiger partial charge in [-0.3, -0.25) is 14.6 Å². The van der Waals surface area contributed by atoms with Gasteiger partial charge in [0, 0.05) is 38.1 Å². The molecular weight excluding hydrogens is 260 g/mol. The number of piperazine rings is 1. The highest BCUT2D eigenvalue weighted by Gasteiger charge is 2.46. The fourth-order valence-corrected chi connectivity index (χ4v) is 4.49. The third kappa shape index (κ3) is 2.53. The molecule has 2 bridgehead atoms. The summed E-state index contributed by atoms with van der Waals surface area (Å²) < 4.78 is 0. The summed E-state index contributed by atoms with van der Waals surface area (Å²) in [6.45, 7) is 3.31. The Morgan fingerprint density at radius 1 is 1.05 bits per heavy atom. The molecule has 3 unspecified atom stereocenters. The molecule has 0 spiro atoms. The van der Waals surface area contributed by atoms with E-state index in [0.717, 1.165) is 38.9 Å². The molecule has 2 heterocycles. The molecule has 2 aliphatic heterocycles. The highest BCUT2D eigenvalue weighted by molar-refractivity contribution is 5.84. The van der Waals surface area contributed by atoms with Gasteiger partial charge in [0.1, 0.15) is 5.78 Å². The van der Waals surface area contributed by atoms with Crippen LogP contribution < -0.4 is 0 Å². The van der Waals surface area contributed by atoms with Gasteiger partial charge in [0.2, 0.25) is 0 Å². The number of ketones is 1. The summed E-state index contributed by atoms with van der Waals surface area (Å²) in [7, 11) is 0. The summed E-state index contributed by atoms with van der Waals surface area (Å²) in [4.78, 5) is 17.3. The lowest BCUT2D eigenvalue weighted by atomic mass is 9.92. The average molecular weight is 284 g/mol. The fraction of sp³-hybridized carbons (Fsp3) is 0.611. The highest BCUT2D eigenvalue weighted by atomic mass is 16.1. The maximum absolute atomic E-state index is 12.2. The van der Waals surface area contributed by atoms with Crippen molar-refractivity contribution in [2.45, 2.75) is 56.8 Å². The second kappa shape index (κ2) is 5.54. The number of hydrogen-bond acceptors (Lipinski definition) is 3. The third-order valence-corrected chi connectivity index (χ3v) is 5.55. The van der Waals surface area contributed by atoms with Crippen molar-refractivity contribution in [3.8, 4) is 0 Å². The average Bonchev–Trinajstić information content (AvgIpc) is 3.09. The Bertz CT molecular complexity index is 515. The minimum atomic E-state index is 0.243. The molecule has 0 amide bonds. The first kappa shape index (κ1) is 13.5. The van der Waals surface area contributed by atoms with E-state index in [0.29, 0.717) is 17.9 Å². The van der Waals surface area contributed by atoms with E-state index in [-0.39, 0.29) is 6.04 Å². The van der Waals surface area contributed by atoms with E-state index in [2.05, 4.69) is 40.1 Å². The van der Waals surface area contributed by atoms with Crippen LogP contribution in [0.5, 0.6) is 0 Å². The maximum Gasteiger partial charge on any atom is 0.149 e. The molecule has 1 aromatic carbocycles. The summed E-state index contributed by atoms with van der Waals surface area (Å²) in [6, 6.07) is 12.3. The maximum atomic E-state index is 12.2. The normalized spacial score (nSPS) is 33.7. The summed E-state index contributed by atoms with van der Waals surface area (Å²) in [5.74, 6) is 0.503. The molecule has 3 fully saturated rings.